The molecule has 0 aromatic heterocycles. The van der Waals surface area contributed by atoms with Crippen LogP contribution in [0.5, 0.6) is 0 Å². The van der Waals surface area contributed by atoms with Crippen LogP contribution in [-0.4, -0.2) is 19.6 Å². The number of benzene rings is 2. The number of carbonyl (C=O) groups is 1. The summed E-state index contributed by atoms with van der Waals surface area (Å²) < 4.78 is 0. The molecule has 3 nitrogen and oxygen atoms in total. The highest BCUT2D eigenvalue weighted by Gasteiger charge is 2.03. The highest BCUT2D eigenvalue weighted by atomic mass is 16.4. The summed E-state index contributed by atoms with van der Waals surface area (Å²) in [6.45, 7) is -0.113. The fourth-order valence-corrected chi connectivity index (χ4v) is 1.84. The van der Waals surface area contributed by atoms with Crippen molar-refractivity contribution in [1.29, 1.82) is 0 Å². The van der Waals surface area contributed by atoms with E-state index in [0.29, 0.717) is 0 Å². The average Bonchev–Trinajstić information content (AvgIpc) is 2.39. The zero-order valence-electron chi connectivity index (χ0n) is 10.2. The number of aliphatic carboxylic acids is 1. The summed E-state index contributed by atoms with van der Waals surface area (Å²) in [4.78, 5) is 12.2. The minimum Gasteiger partial charge on any atom is -0.548 e. The molecule has 0 aliphatic heterocycles. The molecule has 2 aromatic rings. The number of nitrogens with zero attached hydrogens (tertiary/aromatic N) is 1. The van der Waals surface area contributed by atoms with Crippen molar-refractivity contribution in [2.45, 2.75) is 0 Å². The van der Waals surface area contributed by atoms with Crippen molar-refractivity contribution in [3.8, 4) is 11.1 Å². The van der Waals surface area contributed by atoms with Crippen LogP contribution in [0.15, 0.2) is 54.6 Å². The molecule has 2 aromatic carbocycles. The number of hydrogen-bond donors (Lipinski definition) is 0. The summed E-state index contributed by atoms with van der Waals surface area (Å²) in [5.74, 6) is -1.08. The normalized spacial score (nSPS) is 10.1. The fraction of sp³-hybridized carbons (Fsp3) is 0.133. The summed E-state index contributed by atoms with van der Waals surface area (Å²) in [7, 11) is 1.74. The van der Waals surface area contributed by atoms with E-state index >= 15 is 0 Å². The highest BCUT2D eigenvalue weighted by molar-refractivity contribution is 5.74. The molecule has 0 spiro atoms. The van der Waals surface area contributed by atoms with Gasteiger partial charge in [-0.05, 0) is 23.3 Å². The van der Waals surface area contributed by atoms with Gasteiger partial charge in [0.25, 0.3) is 0 Å². The summed E-state index contributed by atoms with van der Waals surface area (Å²) in [5, 5.41) is 10.6. The molecule has 92 valence electrons. The van der Waals surface area contributed by atoms with Gasteiger partial charge < -0.3 is 14.8 Å². The van der Waals surface area contributed by atoms with Gasteiger partial charge in [0.1, 0.15) is 0 Å². The molecule has 0 atom stereocenters. The van der Waals surface area contributed by atoms with Gasteiger partial charge in [0.2, 0.25) is 0 Å². The van der Waals surface area contributed by atoms with E-state index in [4.69, 9.17) is 0 Å². The summed E-state index contributed by atoms with van der Waals surface area (Å²) >= 11 is 0. The minimum atomic E-state index is -1.08. The molecule has 3 heteroatoms. The molecule has 18 heavy (non-hydrogen) atoms. The number of hydrogen-bond acceptors (Lipinski definition) is 3. The van der Waals surface area contributed by atoms with E-state index in [1.54, 1.807) is 11.9 Å². The SMILES string of the molecule is CN(CC(=O)[O-])c1cccc(-c2ccccc2)c1. The number of carboxylic acid groups (broad SMARTS) is 1. The lowest BCUT2D eigenvalue weighted by Gasteiger charge is -2.20. The van der Waals surface area contributed by atoms with Gasteiger partial charge in [-0.25, -0.2) is 0 Å². The van der Waals surface area contributed by atoms with Crippen molar-refractivity contribution in [3.63, 3.8) is 0 Å². The maximum Gasteiger partial charge on any atom is 0.0608 e. The van der Waals surface area contributed by atoms with Crippen molar-refractivity contribution >= 4 is 11.7 Å². The Morgan fingerprint density at radius 2 is 1.72 bits per heavy atom. The summed E-state index contributed by atoms with van der Waals surface area (Å²) in [6, 6.07) is 17.8. The van der Waals surface area contributed by atoms with Gasteiger partial charge in [0, 0.05) is 12.7 Å². The first-order valence-electron chi connectivity index (χ1n) is 5.73. The predicted molar refractivity (Wildman–Crippen MR) is 70.2 cm³/mol. The molecular weight excluding hydrogens is 226 g/mol. The molecule has 0 radical (unpaired) electrons. The third-order valence-electron chi connectivity index (χ3n) is 2.76. The molecule has 0 saturated carbocycles. The van der Waals surface area contributed by atoms with Crippen LogP contribution in [0.4, 0.5) is 5.69 Å². The predicted octanol–water partition coefficient (Wildman–Crippen LogP) is 1.54. The van der Waals surface area contributed by atoms with Crippen molar-refractivity contribution < 1.29 is 9.90 Å². The number of anilines is 1. The van der Waals surface area contributed by atoms with E-state index in [2.05, 4.69) is 0 Å². The Balaban J connectivity index is 2.28. The number of rotatable bonds is 4. The number of carboxylic acids is 1. The van der Waals surface area contributed by atoms with Crippen LogP contribution in [0.3, 0.4) is 0 Å². The molecular formula is C15H14NO2-. The Morgan fingerprint density at radius 3 is 2.39 bits per heavy atom. The summed E-state index contributed by atoms with van der Waals surface area (Å²) in [5.41, 5.74) is 3.04. The van der Waals surface area contributed by atoms with E-state index < -0.39 is 5.97 Å². The van der Waals surface area contributed by atoms with Crippen LogP contribution in [0.25, 0.3) is 11.1 Å². The van der Waals surface area contributed by atoms with Gasteiger partial charge in [-0.2, -0.15) is 0 Å². The van der Waals surface area contributed by atoms with Crippen molar-refractivity contribution in [1.82, 2.24) is 0 Å². The third kappa shape index (κ3) is 2.88. The van der Waals surface area contributed by atoms with Gasteiger partial charge in [0.05, 0.1) is 12.5 Å². The topological polar surface area (TPSA) is 43.4 Å². The van der Waals surface area contributed by atoms with Crippen LogP contribution in [0.1, 0.15) is 0 Å². The Labute approximate surface area is 106 Å². The van der Waals surface area contributed by atoms with Crippen LogP contribution >= 0.6 is 0 Å². The molecule has 0 aliphatic rings. The maximum absolute atomic E-state index is 10.6. The minimum absolute atomic E-state index is 0.113. The number of likely N-dealkylation sites (N-methyl/N-ethyl adjacent to an activating group) is 1. The molecule has 0 bridgehead atoms. The Hall–Kier alpha value is -2.29. The molecule has 0 aliphatic carbocycles. The summed E-state index contributed by atoms with van der Waals surface area (Å²) in [6.07, 6.45) is 0. The number of carbonyl (C=O) groups excluding carboxylic acids is 1. The second-order valence-electron chi connectivity index (χ2n) is 4.14. The second-order valence-corrected chi connectivity index (χ2v) is 4.14. The molecule has 0 saturated heterocycles. The molecule has 2 rings (SSSR count). The van der Waals surface area contributed by atoms with Crippen LogP contribution in [0.2, 0.25) is 0 Å². The van der Waals surface area contributed by atoms with Gasteiger partial charge in [-0.15, -0.1) is 0 Å². The first-order chi connectivity index (χ1) is 8.66. The average molecular weight is 240 g/mol. The lowest BCUT2D eigenvalue weighted by atomic mass is 10.1. The second kappa shape index (κ2) is 5.36. The Kier molecular flexibility index (Phi) is 3.63. The van der Waals surface area contributed by atoms with E-state index in [9.17, 15) is 9.90 Å². The lowest BCUT2D eigenvalue weighted by Crippen LogP contribution is -2.35. The lowest BCUT2D eigenvalue weighted by molar-refractivity contribution is -0.303. The highest BCUT2D eigenvalue weighted by Crippen LogP contribution is 2.23. The zero-order chi connectivity index (χ0) is 13.0. The van der Waals surface area contributed by atoms with Crippen molar-refractivity contribution in [2.75, 3.05) is 18.5 Å². The van der Waals surface area contributed by atoms with E-state index in [1.807, 2.05) is 54.6 Å². The Morgan fingerprint density at radius 1 is 1.06 bits per heavy atom. The molecule has 0 N–H and O–H groups in total. The van der Waals surface area contributed by atoms with Crippen LogP contribution in [-0.2, 0) is 4.79 Å². The molecule has 0 fully saturated rings. The third-order valence-corrected chi connectivity index (χ3v) is 2.76. The first kappa shape index (κ1) is 12.2. The maximum atomic E-state index is 10.6. The van der Waals surface area contributed by atoms with Gasteiger partial charge in [0.15, 0.2) is 0 Å². The van der Waals surface area contributed by atoms with E-state index in [0.717, 1.165) is 16.8 Å². The monoisotopic (exact) mass is 240 g/mol. The zero-order valence-corrected chi connectivity index (χ0v) is 10.2. The molecule has 0 unspecified atom stereocenters. The smallest absolute Gasteiger partial charge is 0.0608 e. The van der Waals surface area contributed by atoms with Crippen molar-refractivity contribution in [3.05, 3.63) is 54.6 Å². The van der Waals surface area contributed by atoms with Crippen LogP contribution in [0, 0.1) is 0 Å². The van der Waals surface area contributed by atoms with E-state index in [1.165, 1.54) is 0 Å². The van der Waals surface area contributed by atoms with Gasteiger partial charge in [-0.3, -0.25) is 0 Å². The van der Waals surface area contributed by atoms with Crippen LogP contribution < -0.4 is 10.0 Å². The van der Waals surface area contributed by atoms with E-state index in [-0.39, 0.29) is 6.54 Å². The van der Waals surface area contributed by atoms with Gasteiger partial charge in [-0.1, -0.05) is 42.5 Å². The van der Waals surface area contributed by atoms with Gasteiger partial charge >= 0.3 is 0 Å². The fourth-order valence-electron chi connectivity index (χ4n) is 1.84. The standard InChI is InChI=1S/C15H15NO2/c1-16(11-15(17)18)14-9-5-8-13(10-14)12-6-3-2-4-7-12/h2-10H,11H2,1H3,(H,17,18)/p-1. The quantitative estimate of drug-likeness (QED) is 0.814. The molecule has 0 amide bonds. The van der Waals surface area contributed by atoms with Crippen molar-refractivity contribution in [2.24, 2.45) is 0 Å². The largest absolute Gasteiger partial charge is 0.548 e. The Bertz CT molecular complexity index is 537. The molecule has 0 heterocycles. The first-order valence-corrected chi connectivity index (χ1v) is 5.73.